The maximum Gasteiger partial charge on any atom is 0.240 e. The van der Waals surface area contributed by atoms with Crippen LogP contribution < -0.4 is 10.0 Å². The van der Waals surface area contributed by atoms with Crippen molar-refractivity contribution < 1.29 is 17.6 Å². The standard InChI is InChI=1S/C17H19FN2O3S/c18-16-9-5-4-6-14(16)10-12-19-17(21)11-13-20-24(22,23)15-7-2-1-3-8-15/h1-9,20H,10-13H2,(H,19,21). The third kappa shape index (κ3) is 5.43. The number of rotatable bonds is 8. The van der Waals surface area contributed by atoms with Crippen molar-refractivity contribution in [3.63, 3.8) is 0 Å². The number of hydrogen-bond acceptors (Lipinski definition) is 3. The molecule has 0 radical (unpaired) electrons. The van der Waals surface area contributed by atoms with Crippen molar-refractivity contribution in [2.45, 2.75) is 17.7 Å². The lowest BCUT2D eigenvalue weighted by molar-refractivity contribution is -0.120. The Labute approximate surface area is 141 Å². The van der Waals surface area contributed by atoms with Gasteiger partial charge in [-0.3, -0.25) is 4.79 Å². The first kappa shape index (κ1) is 18.1. The largest absolute Gasteiger partial charge is 0.356 e. The summed E-state index contributed by atoms with van der Waals surface area (Å²) >= 11 is 0. The third-order valence-corrected chi connectivity index (χ3v) is 4.85. The molecule has 0 spiro atoms. The Kier molecular flexibility index (Phi) is 6.45. The summed E-state index contributed by atoms with van der Waals surface area (Å²) in [5.41, 5.74) is 0.530. The number of sulfonamides is 1. The van der Waals surface area contributed by atoms with Crippen LogP contribution in [0.5, 0.6) is 0 Å². The average molecular weight is 350 g/mol. The fourth-order valence-corrected chi connectivity index (χ4v) is 3.16. The highest BCUT2D eigenvalue weighted by Crippen LogP contribution is 2.07. The number of halogens is 1. The third-order valence-electron chi connectivity index (χ3n) is 3.37. The van der Waals surface area contributed by atoms with Crippen molar-refractivity contribution in [1.82, 2.24) is 10.0 Å². The highest BCUT2D eigenvalue weighted by molar-refractivity contribution is 7.89. The molecule has 0 aliphatic rings. The molecule has 0 heterocycles. The van der Waals surface area contributed by atoms with Gasteiger partial charge in [-0.05, 0) is 30.2 Å². The Hall–Kier alpha value is -2.25. The van der Waals surface area contributed by atoms with Crippen molar-refractivity contribution in [1.29, 1.82) is 0 Å². The Morgan fingerprint density at radius 1 is 0.958 bits per heavy atom. The molecule has 7 heteroatoms. The van der Waals surface area contributed by atoms with Crippen LogP contribution in [0.1, 0.15) is 12.0 Å². The molecule has 2 aromatic carbocycles. The van der Waals surface area contributed by atoms with Crippen LogP contribution in [0.3, 0.4) is 0 Å². The summed E-state index contributed by atoms with van der Waals surface area (Å²) < 4.78 is 39.7. The lowest BCUT2D eigenvalue weighted by Gasteiger charge is -2.08. The second kappa shape index (κ2) is 8.56. The molecule has 0 aliphatic heterocycles. The van der Waals surface area contributed by atoms with Gasteiger partial charge < -0.3 is 5.32 Å². The molecular weight excluding hydrogens is 331 g/mol. The molecule has 1 amide bonds. The van der Waals surface area contributed by atoms with Gasteiger partial charge in [-0.2, -0.15) is 0 Å². The van der Waals surface area contributed by atoms with Crippen LogP contribution in [0.4, 0.5) is 4.39 Å². The summed E-state index contributed by atoms with van der Waals surface area (Å²) in [4.78, 5) is 11.9. The van der Waals surface area contributed by atoms with Gasteiger partial charge in [-0.25, -0.2) is 17.5 Å². The Bertz CT molecular complexity index is 779. The van der Waals surface area contributed by atoms with Crippen LogP contribution in [0, 0.1) is 5.82 Å². The molecule has 24 heavy (non-hydrogen) atoms. The molecule has 0 unspecified atom stereocenters. The summed E-state index contributed by atoms with van der Waals surface area (Å²) in [6.07, 6.45) is 0.400. The Morgan fingerprint density at radius 3 is 2.33 bits per heavy atom. The number of benzene rings is 2. The maximum absolute atomic E-state index is 13.4. The van der Waals surface area contributed by atoms with Gasteiger partial charge in [0.15, 0.2) is 0 Å². The van der Waals surface area contributed by atoms with E-state index < -0.39 is 10.0 Å². The average Bonchev–Trinajstić information content (AvgIpc) is 2.57. The highest BCUT2D eigenvalue weighted by atomic mass is 32.2. The van der Waals surface area contributed by atoms with E-state index in [0.717, 1.165) is 0 Å². The monoisotopic (exact) mass is 350 g/mol. The predicted octanol–water partition coefficient (Wildman–Crippen LogP) is 1.85. The highest BCUT2D eigenvalue weighted by Gasteiger charge is 2.13. The van der Waals surface area contributed by atoms with Gasteiger partial charge in [-0.1, -0.05) is 36.4 Å². The van der Waals surface area contributed by atoms with E-state index in [2.05, 4.69) is 10.0 Å². The summed E-state index contributed by atoms with van der Waals surface area (Å²) in [5, 5.41) is 2.64. The zero-order valence-corrected chi connectivity index (χ0v) is 13.9. The molecule has 2 rings (SSSR count). The molecule has 0 saturated heterocycles. The second-order valence-corrected chi connectivity index (χ2v) is 6.92. The van der Waals surface area contributed by atoms with E-state index in [-0.39, 0.29) is 29.6 Å². The molecule has 0 fully saturated rings. The van der Waals surface area contributed by atoms with Crippen molar-refractivity contribution in [3.8, 4) is 0 Å². The summed E-state index contributed by atoms with van der Waals surface area (Å²) in [5.74, 6) is -0.593. The number of nitrogens with one attached hydrogen (secondary N) is 2. The Balaban J connectivity index is 1.71. The van der Waals surface area contributed by atoms with E-state index in [1.807, 2.05) is 0 Å². The van der Waals surface area contributed by atoms with Crippen molar-refractivity contribution in [2.24, 2.45) is 0 Å². The van der Waals surface area contributed by atoms with E-state index in [1.54, 1.807) is 36.4 Å². The van der Waals surface area contributed by atoms with Crippen LogP contribution in [-0.2, 0) is 21.2 Å². The number of hydrogen-bond donors (Lipinski definition) is 2. The molecular formula is C17H19FN2O3S. The first-order chi connectivity index (χ1) is 11.5. The van der Waals surface area contributed by atoms with Gasteiger partial charge in [0, 0.05) is 19.5 Å². The summed E-state index contributed by atoms with van der Waals surface area (Å²) in [6.45, 7) is 0.300. The first-order valence-electron chi connectivity index (χ1n) is 7.54. The fraction of sp³-hybridized carbons (Fsp3) is 0.235. The quantitative estimate of drug-likeness (QED) is 0.763. The van der Waals surface area contributed by atoms with Crippen molar-refractivity contribution in [2.75, 3.05) is 13.1 Å². The summed E-state index contributed by atoms with van der Waals surface area (Å²) in [7, 11) is -3.60. The van der Waals surface area contributed by atoms with Gasteiger partial charge in [0.25, 0.3) is 0 Å². The zero-order chi connectivity index (χ0) is 17.4. The van der Waals surface area contributed by atoms with Gasteiger partial charge in [0.05, 0.1) is 4.90 Å². The number of carbonyl (C=O) groups excluding carboxylic acids is 1. The van der Waals surface area contributed by atoms with Gasteiger partial charge in [0.2, 0.25) is 15.9 Å². The normalized spacial score (nSPS) is 11.2. The molecule has 2 aromatic rings. The van der Waals surface area contributed by atoms with E-state index in [1.165, 1.54) is 18.2 Å². The van der Waals surface area contributed by atoms with Gasteiger partial charge in [-0.15, -0.1) is 0 Å². The molecule has 5 nitrogen and oxygen atoms in total. The van der Waals surface area contributed by atoms with Crippen LogP contribution in [0.25, 0.3) is 0 Å². The topological polar surface area (TPSA) is 75.3 Å². The minimum Gasteiger partial charge on any atom is -0.356 e. The SMILES string of the molecule is O=C(CCNS(=O)(=O)c1ccccc1)NCCc1ccccc1F. The van der Waals surface area contributed by atoms with Gasteiger partial charge >= 0.3 is 0 Å². The van der Waals surface area contributed by atoms with Crippen LogP contribution in [0.15, 0.2) is 59.5 Å². The lowest BCUT2D eigenvalue weighted by Crippen LogP contribution is -2.31. The molecule has 2 N–H and O–H groups in total. The second-order valence-electron chi connectivity index (χ2n) is 5.15. The van der Waals surface area contributed by atoms with E-state index >= 15 is 0 Å². The van der Waals surface area contributed by atoms with E-state index in [0.29, 0.717) is 18.5 Å². The van der Waals surface area contributed by atoms with Crippen LogP contribution >= 0.6 is 0 Å². The van der Waals surface area contributed by atoms with Crippen molar-refractivity contribution >= 4 is 15.9 Å². The maximum atomic E-state index is 13.4. The minimum absolute atomic E-state index is 0.00274. The lowest BCUT2D eigenvalue weighted by atomic mass is 10.1. The molecule has 0 bridgehead atoms. The van der Waals surface area contributed by atoms with Crippen LogP contribution in [0.2, 0.25) is 0 Å². The molecule has 0 saturated carbocycles. The number of carbonyl (C=O) groups is 1. The molecule has 0 atom stereocenters. The van der Waals surface area contributed by atoms with Gasteiger partial charge in [0.1, 0.15) is 5.82 Å². The molecule has 0 aromatic heterocycles. The summed E-state index contributed by atoms with van der Waals surface area (Å²) in [6, 6.07) is 14.3. The van der Waals surface area contributed by atoms with Crippen molar-refractivity contribution in [3.05, 3.63) is 66.0 Å². The van der Waals surface area contributed by atoms with E-state index in [9.17, 15) is 17.6 Å². The number of amides is 1. The van der Waals surface area contributed by atoms with E-state index in [4.69, 9.17) is 0 Å². The fourth-order valence-electron chi connectivity index (χ4n) is 2.11. The molecule has 128 valence electrons. The zero-order valence-electron chi connectivity index (χ0n) is 13.0. The minimum atomic E-state index is -3.60. The molecule has 0 aliphatic carbocycles. The van der Waals surface area contributed by atoms with Crippen LogP contribution in [-0.4, -0.2) is 27.4 Å². The Morgan fingerprint density at radius 2 is 1.62 bits per heavy atom. The smallest absolute Gasteiger partial charge is 0.240 e. The predicted molar refractivity (Wildman–Crippen MR) is 89.4 cm³/mol. The first-order valence-corrected chi connectivity index (χ1v) is 9.02.